The third-order valence-electron chi connectivity index (χ3n) is 3.79. The number of amides is 1. The average molecular weight is 263 g/mol. The topological polar surface area (TPSA) is 40.5 Å². The molecule has 96 valence electrons. The summed E-state index contributed by atoms with van der Waals surface area (Å²) in [7, 11) is 0. The van der Waals surface area contributed by atoms with E-state index in [4.69, 9.17) is 0 Å². The van der Waals surface area contributed by atoms with Crippen LogP contribution in [0.2, 0.25) is 0 Å². The van der Waals surface area contributed by atoms with Gasteiger partial charge in [0.05, 0.1) is 17.9 Å². The van der Waals surface area contributed by atoms with Gasteiger partial charge in [0.15, 0.2) is 0 Å². The SMILES string of the molecule is O=C(C1Cc2ccccc2S1)N1CCC[C@@H]1CO. The van der Waals surface area contributed by atoms with Crippen LogP contribution < -0.4 is 0 Å². The molecule has 2 heterocycles. The fourth-order valence-electron chi connectivity index (χ4n) is 2.82. The molecular weight excluding hydrogens is 246 g/mol. The molecule has 18 heavy (non-hydrogen) atoms. The zero-order valence-corrected chi connectivity index (χ0v) is 11.0. The summed E-state index contributed by atoms with van der Waals surface area (Å²) in [6.07, 6.45) is 2.78. The number of hydrogen-bond donors (Lipinski definition) is 1. The molecule has 1 N–H and O–H groups in total. The Labute approximate surface area is 111 Å². The molecule has 1 saturated heterocycles. The minimum atomic E-state index is 0.00884. The first-order valence-corrected chi connectivity index (χ1v) is 7.33. The lowest BCUT2D eigenvalue weighted by molar-refractivity contribution is -0.132. The Kier molecular flexibility index (Phi) is 3.31. The number of likely N-dealkylation sites (tertiary alicyclic amines) is 1. The maximum absolute atomic E-state index is 12.5. The normalized spacial score (nSPS) is 26.4. The number of nitrogens with zero attached hydrogens (tertiary/aromatic N) is 1. The van der Waals surface area contributed by atoms with Gasteiger partial charge in [0.25, 0.3) is 0 Å². The highest BCUT2D eigenvalue weighted by molar-refractivity contribution is 8.01. The first-order chi connectivity index (χ1) is 8.79. The minimum absolute atomic E-state index is 0.00884. The molecule has 3 nitrogen and oxygen atoms in total. The highest BCUT2D eigenvalue weighted by Crippen LogP contribution is 2.38. The number of aliphatic hydroxyl groups excluding tert-OH is 1. The van der Waals surface area contributed by atoms with E-state index in [1.54, 1.807) is 11.8 Å². The molecule has 0 radical (unpaired) electrons. The lowest BCUT2D eigenvalue weighted by atomic mass is 10.1. The number of benzene rings is 1. The number of fused-ring (bicyclic) bond motifs is 1. The quantitative estimate of drug-likeness (QED) is 0.882. The highest BCUT2D eigenvalue weighted by Gasteiger charge is 2.36. The van der Waals surface area contributed by atoms with E-state index in [0.29, 0.717) is 0 Å². The fourth-order valence-corrected chi connectivity index (χ4v) is 4.09. The van der Waals surface area contributed by atoms with Crippen LogP contribution in [0.5, 0.6) is 0 Å². The van der Waals surface area contributed by atoms with Crippen molar-refractivity contribution in [2.75, 3.05) is 13.2 Å². The van der Waals surface area contributed by atoms with Gasteiger partial charge < -0.3 is 10.0 Å². The number of thioether (sulfide) groups is 1. The predicted octanol–water partition coefficient (Wildman–Crippen LogP) is 1.69. The van der Waals surface area contributed by atoms with Crippen LogP contribution in [0, 0.1) is 0 Å². The molecule has 0 aromatic heterocycles. The largest absolute Gasteiger partial charge is 0.394 e. The van der Waals surface area contributed by atoms with Gasteiger partial charge in [-0.25, -0.2) is 0 Å². The van der Waals surface area contributed by atoms with E-state index >= 15 is 0 Å². The number of hydrogen-bond acceptors (Lipinski definition) is 3. The van der Waals surface area contributed by atoms with Crippen LogP contribution in [0.4, 0.5) is 0 Å². The highest BCUT2D eigenvalue weighted by atomic mass is 32.2. The Morgan fingerprint density at radius 1 is 1.44 bits per heavy atom. The van der Waals surface area contributed by atoms with Gasteiger partial charge in [-0.3, -0.25) is 4.79 Å². The fraction of sp³-hybridized carbons (Fsp3) is 0.500. The van der Waals surface area contributed by atoms with E-state index in [1.807, 2.05) is 17.0 Å². The van der Waals surface area contributed by atoms with E-state index in [2.05, 4.69) is 12.1 Å². The zero-order valence-electron chi connectivity index (χ0n) is 10.2. The number of aliphatic hydroxyl groups is 1. The number of carbonyl (C=O) groups is 1. The molecule has 0 spiro atoms. The van der Waals surface area contributed by atoms with Gasteiger partial charge in [-0.15, -0.1) is 11.8 Å². The van der Waals surface area contributed by atoms with Crippen LogP contribution in [0.1, 0.15) is 18.4 Å². The summed E-state index contributed by atoms with van der Waals surface area (Å²) in [4.78, 5) is 15.6. The van der Waals surface area contributed by atoms with Crippen LogP contribution in [0.3, 0.4) is 0 Å². The van der Waals surface area contributed by atoms with E-state index in [0.717, 1.165) is 25.8 Å². The van der Waals surface area contributed by atoms with Crippen molar-refractivity contribution in [3.8, 4) is 0 Å². The van der Waals surface area contributed by atoms with Crippen LogP contribution >= 0.6 is 11.8 Å². The molecule has 2 aliphatic heterocycles. The number of carbonyl (C=O) groups excluding carboxylic acids is 1. The predicted molar refractivity (Wildman–Crippen MR) is 71.6 cm³/mol. The second-order valence-corrected chi connectivity index (χ2v) is 6.17. The van der Waals surface area contributed by atoms with Crippen LogP contribution in [-0.4, -0.2) is 40.4 Å². The Hall–Kier alpha value is -1.00. The zero-order chi connectivity index (χ0) is 12.5. The molecule has 1 aromatic carbocycles. The summed E-state index contributed by atoms with van der Waals surface area (Å²) in [5.74, 6) is 0.202. The van der Waals surface area contributed by atoms with Gasteiger partial charge in [-0.1, -0.05) is 18.2 Å². The van der Waals surface area contributed by atoms with E-state index in [9.17, 15) is 9.90 Å². The molecule has 1 amide bonds. The van der Waals surface area contributed by atoms with Crippen molar-refractivity contribution in [3.63, 3.8) is 0 Å². The average Bonchev–Trinajstić information content (AvgIpc) is 3.03. The van der Waals surface area contributed by atoms with Crippen molar-refractivity contribution in [2.24, 2.45) is 0 Å². The Morgan fingerprint density at radius 2 is 2.28 bits per heavy atom. The van der Waals surface area contributed by atoms with Crippen LogP contribution in [0.25, 0.3) is 0 Å². The lowest BCUT2D eigenvalue weighted by Gasteiger charge is -2.25. The maximum Gasteiger partial charge on any atom is 0.236 e. The minimum Gasteiger partial charge on any atom is -0.394 e. The van der Waals surface area contributed by atoms with Crippen molar-refractivity contribution in [1.82, 2.24) is 4.90 Å². The van der Waals surface area contributed by atoms with Crippen molar-refractivity contribution >= 4 is 17.7 Å². The van der Waals surface area contributed by atoms with Crippen molar-refractivity contribution in [1.29, 1.82) is 0 Å². The summed E-state index contributed by atoms with van der Waals surface area (Å²) in [6, 6.07) is 8.27. The second-order valence-electron chi connectivity index (χ2n) is 4.93. The smallest absolute Gasteiger partial charge is 0.236 e. The van der Waals surface area contributed by atoms with Gasteiger partial charge in [0.2, 0.25) is 5.91 Å². The molecular formula is C14H17NO2S. The molecule has 1 fully saturated rings. The van der Waals surface area contributed by atoms with Gasteiger partial charge in [-0.2, -0.15) is 0 Å². The molecule has 0 bridgehead atoms. The lowest BCUT2D eigenvalue weighted by Crippen LogP contribution is -2.42. The summed E-state index contributed by atoms with van der Waals surface area (Å²) in [6.45, 7) is 0.896. The van der Waals surface area contributed by atoms with Gasteiger partial charge in [-0.05, 0) is 30.9 Å². The first kappa shape index (κ1) is 12.1. The van der Waals surface area contributed by atoms with Crippen LogP contribution in [0.15, 0.2) is 29.2 Å². The Morgan fingerprint density at radius 3 is 3.06 bits per heavy atom. The van der Waals surface area contributed by atoms with E-state index in [1.165, 1.54) is 10.5 Å². The monoisotopic (exact) mass is 263 g/mol. The van der Waals surface area contributed by atoms with Gasteiger partial charge in [0, 0.05) is 11.4 Å². The second kappa shape index (κ2) is 4.94. The Balaban J connectivity index is 1.72. The van der Waals surface area contributed by atoms with E-state index in [-0.39, 0.29) is 23.8 Å². The molecule has 1 unspecified atom stereocenters. The van der Waals surface area contributed by atoms with Crippen LogP contribution in [-0.2, 0) is 11.2 Å². The Bertz CT molecular complexity index is 438. The van der Waals surface area contributed by atoms with Crippen molar-refractivity contribution in [2.45, 2.75) is 35.4 Å². The molecule has 3 rings (SSSR count). The third-order valence-corrected chi connectivity index (χ3v) is 5.10. The standard InChI is InChI=1S/C14H17NO2S/c16-9-11-5-3-7-15(11)14(17)13-8-10-4-1-2-6-12(10)18-13/h1-2,4,6,11,13,16H,3,5,7-9H2/t11-,13?/m1/s1. The summed E-state index contributed by atoms with van der Waals surface area (Å²) >= 11 is 1.67. The molecule has 2 atom stereocenters. The van der Waals surface area contributed by atoms with Crippen molar-refractivity contribution < 1.29 is 9.90 Å². The molecule has 0 saturated carbocycles. The maximum atomic E-state index is 12.5. The number of rotatable bonds is 2. The molecule has 1 aromatic rings. The van der Waals surface area contributed by atoms with Gasteiger partial charge in [0.1, 0.15) is 0 Å². The molecule has 2 aliphatic rings. The molecule has 0 aliphatic carbocycles. The summed E-state index contributed by atoms with van der Waals surface area (Å²) < 4.78 is 0. The summed E-state index contributed by atoms with van der Waals surface area (Å²) in [5.41, 5.74) is 1.28. The van der Waals surface area contributed by atoms with Crippen molar-refractivity contribution in [3.05, 3.63) is 29.8 Å². The molecule has 4 heteroatoms. The van der Waals surface area contributed by atoms with Gasteiger partial charge >= 0.3 is 0 Å². The van der Waals surface area contributed by atoms with E-state index < -0.39 is 0 Å². The third kappa shape index (κ3) is 2.04. The summed E-state index contributed by atoms with van der Waals surface area (Å²) in [5, 5.41) is 9.31. The first-order valence-electron chi connectivity index (χ1n) is 6.45.